The van der Waals surface area contributed by atoms with Crippen LogP contribution in [0.2, 0.25) is 0 Å². The quantitative estimate of drug-likeness (QED) is 0.704. The predicted molar refractivity (Wildman–Crippen MR) is 87.1 cm³/mol. The van der Waals surface area contributed by atoms with Crippen molar-refractivity contribution in [3.8, 4) is 0 Å². The van der Waals surface area contributed by atoms with Gasteiger partial charge in [0.2, 0.25) is 0 Å². The van der Waals surface area contributed by atoms with Crippen LogP contribution in [0.25, 0.3) is 0 Å². The molecule has 1 N–H and O–H groups in total. The highest BCUT2D eigenvalue weighted by Gasteiger charge is 2.50. The molecule has 0 aromatic rings. The van der Waals surface area contributed by atoms with Crippen LogP contribution in [0.5, 0.6) is 0 Å². The Labute approximate surface area is 126 Å². The van der Waals surface area contributed by atoms with Crippen LogP contribution in [-0.2, 0) is 4.74 Å². The van der Waals surface area contributed by atoms with Gasteiger partial charge in [0.15, 0.2) is 0 Å². The van der Waals surface area contributed by atoms with Crippen molar-refractivity contribution in [3.05, 3.63) is 0 Å². The molecule has 3 nitrogen and oxygen atoms in total. The molecule has 0 radical (unpaired) electrons. The summed E-state index contributed by atoms with van der Waals surface area (Å²) in [6, 6.07) is 1.24. The van der Waals surface area contributed by atoms with E-state index in [4.69, 9.17) is 4.74 Å². The monoisotopic (exact) mass is 284 g/mol. The van der Waals surface area contributed by atoms with E-state index in [1.807, 2.05) is 0 Å². The van der Waals surface area contributed by atoms with Gasteiger partial charge in [-0.1, -0.05) is 27.7 Å². The third-order valence-corrected chi connectivity index (χ3v) is 5.18. The lowest BCUT2D eigenvalue weighted by Gasteiger charge is -2.54. The minimum absolute atomic E-state index is 0.310. The first-order valence-electron chi connectivity index (χ1n) is 8.36. The molecule has 3 heteroatoms. The van der Waals surface area contributed by atoms with Crippen LogP contribution in [0, 0.1) is 11.3 Å². The van der Waals surface area contributed by atoms with Crippen molar-refractivity contribution in [3.63, 3.8) is 0 Å². The molecule has 4 unspecified atom stereocenters. The molecule has 0 aliphatic heterocycles. The van der Waals surface area contributed by atoms with E-state index in [9.17, 15) is 0 Å². The fourth-order valence-electron chi connectivity index (χ4n) is 3.37. The molecule has 1 fully saturated rings. The highest BCUT2D eigenvalue weighted by atomic mass is 16.5. The lowest BCUT2D eigenvalue weighted by molar-refractivity contribution is -0.126. The van der Waals surface area contributed by atoms with Crippen LogP contribution < -0.4 is 5.32 Å². The van der Waals surface area contributed by atoms with Gasteiger partial charge in [-0.2, -0.15) is 0 Å². The van der Waals surface area contributed by atoms with Crippen molar-refractivity contribution in [2.75, 3.05) is 27.2 Å². The fourth-order valence-corrected chi connectivity index (χ4v) is 3.37. The summed E-state index contributed by atoms with van der Waals surface area (Å²) in [7, 11) is 4.38. The van der Waals surface area contributed by atoms with Gasteiger partial charge in [-0.05, 0) is 46.2 Å². The number of rotatable bonds is 9. The molecule has 1 aliphatic carbocycles. The van der Waals surface area contributed by atoms with Gasteiger partial charge in [0, 0.05) is 30.7 Å². The van der Waals surface area contributed by atoms with E-state index in [1.165, 1.54) is 19.3 Å². The maximum Gasteiger partial charge on any atom is 0.0658 e. The van der Waals surface area contributed by atoms with Crippen molar-refractivity contribution >= 4 is 0 Å². The molecule has 0 saturated heterocycles. The zero-order chi connectivity index (χ0) is 15.3. The van der Waals surface area contributed by atoms with Gasteiger partial charge in [0.25, 0.3) is 0 Å². The number of nitrogens with zero attached hydrogens (tertiary/aromatic N) is 1. The van der Waals surface area contributed by atoms with Crippen molar-refractivity contribution < 1.29 is 4.74 Å². The average Bonchev–Trinajstić information content (AvgIpc) is 2.38. The van der Waals surface area contributed by atoms with E-state index >= 15 is 0 Å². The molecule has 0 bridgehead atoms. The Morgan fingerprint density at radius 3 is 2.40 bits per heavy atom. The summed E-state index contributed by atoms with van der Waals surface area (Å²) < 4.78 is 5.88. The Bertz CT molecular complexity index is 280. The first-order chi connectivity index (χ1) is 9.35. The number of ether oxygens (including phenoxy) is 1. The predicted octanol–water partition coefficient (Wildman–Crippen LogP) is 3.15. The molecule has 0 heterocycles. The first kappa shape index (κ1) is 17.9. The highest BCUT2D eigenvalue weighted by Crippen LogP contribution is 2.45. The Morgan fingerprint density at radius 1 is 1.30 bits per heavy atom. The molecular formula is C17H36N2O. The van der Waals surface area contributed by atoms with Gasteiger partial charge in [-0.25, -0.2) is 0 Å². The molecule has 0 aromatic carbocycles. The Kier molecular flexibility index (Phi) is 6.96. The van der Waals surface area contributed by atoms with Crippen molar-refractivity contribution in [2.24, 2.45) is 11.3 Å². The van der Waals surface area contributed by atoms with Crippen LogP contribution in [0.4, 0.5) is 0 Å². The molecule has 1 saturated carbocycles. The fraction of sp³-hybridized carbons (Fsp3) is 1.00. The van der Waals surface area contributed by atoms with E-state index in [-0.39, 0.29) is 0 Å². The zero-order valence-corrected chi connectivity index (χ0v) is 14.7. The maximum absolute atomic E-state index is 5.88. The number of hydrogen-bond donors (Lipinski definition) is 1. The lowest BCUT2D eigenvalue weighted by Crippen LogP contribution is -2.63. The van der Waals surface area contributed by atoms with Crippen LogP contribution in [-0.4, -0.2) is 50.3 Å². The van der Waals surface area contributed by atoms with Crippen molar-refractivity contribution in [2.45, 2.75) is 72.1 Å². The summed E-state index contributed by atoms with van der Waals surface area (Å²) in [6.45, 7) is 13.3. The summed E-state index contributed by atoms with van der Waals surface area (Å²) in [5, 5.41) is 3.81. The van der Waals surface area contributed by atoms with Crippen LogP contribution in [0.3, 0.4) is 0 Å². The summed E-state index contributed by atoms with van der Waals surface area (Å²) in [5.41, 5.74) is 0.310. The minimum Gasteiger partial charge on any atom is -0.378 e. The molecular weight excluding hydrogens is 248 g/mol. The number of hydrogen-bond acceptors (Lipinski definition) is 3. The summed E-state index contributed by atoms with van der Waals surface area (Å²) >= 11 is 0. The second-order valence-electron chi connectivity index (χ2n) is 7.25. The summed E-state index contributed by atoms with van der Waals surface area (Å²) in [5.74, 6) is 0.749. The normalized spacial score (nSPS) is 31.6. The van der Waals surface area contributed by atoms with Crippen molar-refractivity contribution in [1.29, 1.82) is 0 Å². The second-order valence-corrected chi connectivity index (χ2v) is 7.25. The Hall–Kier alpha value is -0.120. The molecule has 4 atom stereocenters. The van der Waals surface area contributed by atoms with Crippen molar-refractivity contribution in [1.82, 2.24) is 10.2 Å². The van der Waals surface area contributed by atoms with E-state index in [1.54, 1.807) is 0 Å². The van der Waals surface area contributed by atoms with Gasteiger partial charge >= 0.3 is 0 Å². The first-order valence-corrected chi connectivity index (χ1v) is 8.36. The van der Waals surface area contributed by atoms with E-state index < -0.39 is 0 Å². The van der Waals surface area contributed by atoms with E-state index in [0.29, 0.717) is 23.6 Å². The average molecular weight is 284 g/mol. The molecule has 0 spiro atoms. The minimum atomic E-state index is 0.310. The van der Waals surface area contributed by atoms with Crippen LogP contribution in [0.15, 0.2) is 0 Å². The third-order valence-electron chi connectivity index (χ3n) is 5.18. The van der Waals surface area contributed by atoms with Crippen LogP contribution >= 0.6 is 0 Å². The van der Waals surface area contributed by atoms with Gasteiger partial charge in [-0.3, -0.25) is 0 Å². The topological polar surface area (TPSA) is 24.5 Å². The number of likely N-dealkylation sites (N-methyl/N-ethyl adjacent to an activating group) is 1. The highest BCUT2D eigenvalue weighted by molar-refractivity contribution is 5.05. The molecule has 0 amide bonds. The third kappa shape index (κ3) is 4.19. The SMILES string of the molecule is CCOC1CC(NCC(CC(C)C)N(C)C)C1(C)CC. The Balaban J connectivity index is 2.48. The van der Waals surface area contributed by atoms with E-state index in [2.05, 4.69) is 58.9 Å². The van der Waals surface area contributed by atoms with Gasteiger partial charge < -0.3 is 15.0 Å². The van der Waals surface area contributed by atoms with Crippen LogP contribution in [0.1, 0.15) is 53.9 Å². The van der Waals surface area contributed by atoms with Gasteiger partial charge in [0.05, 0.1) is 6.10 Å². The second kappa shape index (κ2) is 7.77. The smallest absolute Gasteiger partial charge is 0.0658 e. The zero-order valence-electron chi connectivity index (χ0n) is 14.7. The maximum atomic E-state index is 5.88. The Morgan fingerprint density at radius 2 is 1.95 bits per heavy atom. The summed E-state index contributed by atoms with van der Waals surface area (Å²) in [6.07, 6.45) is 4.05. The molecule has 120 valence electrons. The molecule has 20 heavy (non-hydrogen) atoms. The standard InChI is InChI=1S/C17H36N2O/c1-8-17(5)15(11-16(17)20-9-2)18-12-14(19(6)7)10-13(3)4/h13-16,18H,8-12H2,1-7H3. The molecule has 0 aromatic heterocycles. The van der Waals surface area contributed by atoms with E-state index in [0.717, 1.165) is 19.1 Å². The van der Waals surface area contributed by atoms with Gasteiger partial charge in [0.1, 0.15) is 0 Å². The number of nitrogens with one attached hydrogen (secondary N) is 1. The molecule has 1 aliphatic rings. The van der Waals surface area contributed by atoms with Gasteiger partial charge in [-0.15, -0.1) is 0 Å². The molecule has 1 rings (SSSR count). The summed E-state index contributed by atoms with van der Waals surface area (Å²) in [4.78, 5) is 2.36. The largest absolute Gasteiger partial charge is 0.378 e. The lowest BCUT2D eigenvalue weighted by atomic mass is 9.61.